The number of rotatable bonds is 10. The van der Waals surface area contributed by atoms with E-state index in [1.165, 1.54) is 0 Å². The highest BCUT2D eigenvalue weighted by Gasteiger charge is 2.40. The zero-order chi connectivity index (χ0) is 23.8. The van der Waals surface area contributed by atoms with Gasteiger partial charge in [-0.2, -0.15) is 5.10 Å². The maximum atomic E-state index is 7.71. The largest absolute Gasteiger partial charge is 0.497 e. The third kappa shape index (κ3) is 7.72. The van der Waals surface area contributed by atoms with Gasteiger partial charge in [0.05, 0.1) is 13.7 Å². The van der Waals surface area contributed by atoms with Gasteiger partial charge in [-0.15, -0.1) is 5.11 Å². The van der Waals surface area contributed by atoms with Gasteiger partial charge in [0.25, 0.3) is 0 Å². The SMILES string of the molecule is COc1ccc(CN/N=C(\N=N)[C@@H](COc2ccc(Br)cc2)O[Si](C)(C)C(C)(C)C)cc1. The van der Waals surface area contributed by atoms with E-state index in [1.807, 2.05) is 48.5 Å². The lowest BCUT2D eigenvalue weighted by molar-refractivity contribution is 0.161. The number of hydrogen-bond acceptors (Lipinski definition) is 6. The summed E-state index contributed by atoms with van der Waals surface area (Å²) < 4.78 is 18.7. The summed E-state index contributed by atoms with van der Waals surface area (Å²) in [5, 5.41) is 8.02. The first-order chi connectivity index (χ1) is 15.1. The van der Waals surface area contributed by atoms with Crippen molar-refractivity contribution in [2.75, 3.05) is 13.7 Å². The number of hydrogen-bond donors (Lipinski definition) is 2. The van der Waals surface area contributed by atoms with E-state index in [1.54, 1.807) is 7.11 Å². The highest BCUT2D eigenvalue weighted by Crippen LogP contribution is 2.37. The van der Waals surface area contributed by atoms with Crippen molar-refractivity contribution >= 4 is 30.1 Å². The van der Waals surface area contributed by atoms with Crippen LogP contribution in [0.5, 0.6) is 11.5 Å². The van der Waals surface area contributed by atoms with Crippen LogP contribution in [0.2, 0.25) is 18.1 Å². The molecule has 0 aliphatic carbocycles. The lowest BCUT2D eigenvalue weighted by Gasteiger charge is -2.38. The monoisotopic (exact) mass is 520 g/mol. The van der Waals surface area contributed by atoms with Crippen LogP contribution in [0.15, 0.2) is 63.2 Å². The lowest BCUT2D eigenvalue weighted by Crippen LogP contribution is -2.47. The summed E-state index contributed by atoms with van der Waals surface area (Å²) in [5.41, 5.74) is 11.8. The zero-order valence-corrected chi connectivity index (χ0v) is 22.2. The second-order valence-electron chi connectivity index (χ2n) is 8.90. The molecule has 32 heavy (non-hydrogen) atoms. The minimum atomic E-state index is -2.16. The van der Waals surface area contributed by atoms with Gasteiger partial charge in [0.15, 0.2) is 8.32 Å². The molecule has 0 bridgehead atoms. The van der Waals surface area contributed by atoms with Crippen molar-refractivity contribution in [3.05, 3.63) is 58.6 Å². The van der Waals surface area contributed by atoms with Crippen molar-refractivity contribution in [1.29, 1.82) is 5.53 Å². The first-order valence-electron chi connectivity index (χ1n) is 10.4. The van der Waals surface area contributed by atoms with Crippen molar-refractivity contribution in [2.24, 2.45) is 10.2 Å². The Balaban J connectivity index is 2.16. The maximum Gasteiger partial charge on any atom is 0.200 e. The number of amidine groups is 1. The summed E-state index contributed by atoms with van der Waals surface area (Å²) in [6.45, 7) is 11.5. The number of methoxy groups -OCH3 is 1. The Kier molecular flexibility index (Phi) is 9.42. The molecule has 0 amide bonds. The highest BCUT2D eigenvalue weighted by molar-refractivity contribution is 9.10. The van der Waals surface area contributed by atoms with Gasteiger partial charge in [-0.25, -0.2) is 5.53 Å². The van der Waals surface area contributed by atoms with E-state index in [2.05, 4.69) is 65.4 Å². The zero-order valence-electron chi connectivity index (χ0n) is 19.6. The van der Waals surface area contributed by atoms with Gasteiger partial charge < -0.3 is 19.3 Å². The topological polar surface area (TPSA) is 88.3 Å². The van der Waals surface area contributed by atoms with Crippen LogP contribution < -0.4 is 14.9 Å². The van der Waals surface area contributed by atoms with Crippen LogP contribution in [-0.2, 0) is 11.0 Å². The standard InChI is InChI=1S/C23H33BrN4O3Si/c1-23(2,3)32(5,6)31-21(16-30-20-13-9-18(24)10-14-20)22(27-25)28-26-15-17-7-11-19(29-4)12-8-17/h7-14,21,25-26H,15-16H2,1-6H3/b27-25?,28-22-/t21-/m1/s1. The number of benzene rings is 2. The van der Waals surface area contributed by atoms with Crippen LogP contribution in [-0.4, -0.2) is 34.0 Å². The van der Waals surface area contributed by atoms with E-state index in [4.69, 9.17) is 19.4 Å². The highest BCUT2D eigenvalue weighted by atomic mass is 79.9. The van der Waals surface area contributed by atoms with E-state index >= 15 is 0 Å². The average Bonchev–Trinajstić information content (AvgIpc) is 2.75. The molecule has 0 aromatic heterocycles. The Morgan fingerprint density at radius 3 is 2.19 bits per heavy atom. The molecule has 0 saturated heterocycles. The molecule has 0 heterocycles. The van der Waals surface area contributed by atoms with Crippen LogP contribution in [0, 0.1) is 5.53 Å². The van der Waals surface area contributed by atoms with Gasteiger partial charge in [-0.3, -0.25) is 0 Å². The fraction of sp³-hybridized carbons (Fsp3) is 0.435. The van der Waals surface area contributed by atoms with Crippen molar-refractivity contribution < 1.29 is 13.9 Å². The van der Waals surface area contributed by atoms with E-state index in [9.17, 15) is 0 Å². The van der Waals surface area contributed by atoms with Crippen molar-refractivity contribution in [2.45, 2.75) is 51.6 Å². The van der Waals surface area contributed by atoms with Gasteiger partial charge in [-0.05, 0) is 60.1 Å². The molecule has 2 aromatic carbocycles. The molecule has 2 N–H and O–H groups in total. The Morgan fingerprint density at radius 1 is 1.06 bits per heavy atom. The normalized spacial score (nSPS) is 13.4. The molecular formula is C23H33BrN4O3Si. The predicted octanol–water partition coefficient (Wildman–Crippen LogP) is 6.36. The molecule has 2 aromatic rings. The molecule has 2 rings (SSSR count). The lowest BCUT2D eigenvalue weighted by atomic mass is 10.2. The fourth-order valence-electron chi connectivity index (χ4n) is 2.52. The van der Waals surface area contributed by atoms with Crippen molar-refractivity contribution in [1.82, 2.24) is 5.43 Å². The molecule has 174 valence electrons. The molecule has 0 aliphatic rings. The van der Waals surface area contributed by atoms with Gasteiger partial charge in [0.2, 0.25) is 5.84 Å². The van der Waals surface area contributed by atoms with Crippen LogP contribution in [0.25, 0.3) is 0 Å². The van der Waals surface area contributed by atoms with Crippen LogP contribution in [0.4, 0.5) is 0 Å². The van der Waals surface area contributed by atoms with E-state index in [0.29, 0.717) is 12.3 Å². The quantitative estimate of drug-likeness (QED) is 0.125. The third-order valence-electron chi connectivity index (χ3n) is 5.50. The van der Waals surface area contributed by atoms with Crippen molar-refractivity contribution in [3.63, 3.8) is 0 Å². The first-order valence-corrected chi connectivity index (χ1v) is 14.1. The summed E-state index contributed by atoms with van der Waals surface area (Å²) in [5.74, 6) is 1.76. The number of halogens is 1. The number of ether oxygens (including phenoxy) is 2. The van der Waals surface area contributed by atoms with Gasteiger partial charge in [0.1, 0.15) is 24.2 Å². The van der Waals surface area contributed by atoms with Gasteiger partial charge >= 0.3 is 0 Å². The van der Waals surface area contributed by atoms with Crippen molar-refractivity contribution in [3.8, 4) is 11.5 Å². The Hall–Kier alpha value is -2.23. The Bertz CT molecular complexity index is 897. The summed E-state index contributed by atoms with van der Waals surface area (Å²) in [4.78, 5) is 0. The number of hydrazone groups is 1. The molecule has 9 heteroatoms. The first kappa shape index (κ1) is 26.0. The second kappa shape index (κ2) is 11.6. The summed E-state index contributed by atoms with van der Waals surface area (Å²) in [6, 6.07) is 15.3. The Labute approximate surface area is 200 Å². The minimum Gasteiger partial charge on any atom is -0.497 e. The van der Waals surface area contributed by atoms with E-state index in [0.717, 1.165) is 15.8 Å². The van der Waals surface area contributed by atoms with Crippen LogP contribution >= 0.6 is 15.9 Å². The molecule has 0 spiro atoms. The maximum absolute atomic E-state index is 7.71. The molecule has 7 nitrogen and oxygen atoms in total. The van der Waals surface area contributed by atoms with E-state index < -0.39 is 14.4 Å². The number of nitrogens with zero attached hydrogens (tertiary/aromatic N) is 2. The van der Waals surface area contributed by atoms with Crippen LogP contribution in [0.1, 0.15) is 26.3 Å². The molecule has 0 saturated carbocycles. The number of nitrogens with one attached hydrogen (secondary N) is 2. The molecule has 0 unspecified atom stereocenters. The molecule has 0 fully saturated rings. The summed E-state index contributed by atoms with van der Waals surface area (Å²) >= 11 is 3.43. The third-order valence-corrected chi connectivity index (χ3v) is 10.5. The van der Waals surface area contributed by atoms with Crippen LogP contribution in [0.3, 0.4) is 0 Å². The Morgan fingerprint density at radius 2 is 1.66 bits per heavy atom. The molecule has 0 radical (unpaired) electrons. The average molecular weight is 522 g/mol. The van der Waals surface area contributed by atoms with Gasteiger partial charge in [-0.1, -0.05) is 48.8 Å². The second-order valence-corrected chi connectivity index (χ2v) is 14.6. The smallest absolute Gasteiger partial charge is 0.200 e. The molecule has 0 aliphatic heterocycles. The molecule has 1 atom stereocenters. The van der Waals surface area contributed by atoms with E-state index in [-0.39, 0.29) is 17.5 Å². The summed E-state index contributed by atoms with van der Waals surface area (Å²) in [6.07, 6.45) is -0.569. The minimum absolute atomic E-state index is 0.00742. The fourth-order valence-corrected chi connectivity index (χ4v) is 4.02. The molecular weight excluding hydrogens is 488 g/mol. The van der Waals surface area contributed by atoms with Gasteiger partial charge in [0, 0.05) is 4.47 Å². The summed E-state index contributed by atoms with van der Waals surface area (Å²) in [7, 11) is -0.524. The predicted molar refractivity (Wildman–Crippen MR) is 134 cm³/mol.